The largest absolute Gasteiger partial charge is 0.466 e. The number of H-pyrrole nitrogens is 1. The lowest BCUT2D eigenvalue weighted by atomic mass is 10.0. The second kappa shape index (κ2) is 7.62. The number of esters is 1. The lowest BCUT2D eigenvalue weighted by Crippen LogP contribution is -2.29. The first-order valence-corrected chi connectivity index (χ1v) is 9.91. The zero-order valence-electron chi connectivity index (χ0n) is 15.2. The number of fused-ring (bicyclic) bond motifs is 3. The molecule has 0 atom stereocenters. The number of thiophene rings is 1. The van der Waals surface area contributed by atoms with E-state index in [1.54, 1.807) is 18.3 Å². The minimum absolute atomic E-state index is 0.0122. The molecule has 0 unspecified atom stereocenters. The molecule has 0 fully saturated rings. The van der Waals surface area contributed by atoms with Crippen LogP contribution in [0.2, 0.25) is 0 Å². The molecule has 2 aromatic heterocycles. The smallest absolute Gasteiger partial charge is 0.313 e. The molecular weight excluding hydrogens is 362 g/mol. The molecular formula is C20H21N3O3S. The van der Waals surface area contributed by atoms with E-state index in [9.17, 15) is 9.59 Å². The van der Waals surface area contributed by atoms with Gasteiger partial charge in [0.15, 0.2) is 0 Å². The van der Waals surface area contributed by atoms with E-state index in [1.165, 1.54) is 10.4 Å². The van der Waals surface area contributed by atoms with Gasteiger partial charge in [-0.25, -0.2) is 4.98 Å². The Morgan fingerprint density at radius 2 is 2.15 bits per heavy atom. The fourth-order valence-corrected chi connectivity index (χ4v) is 4.79. The molecule has 1 aliphatic rings. The molecule has 0 radical (unpaired) electrons. The van der Waals surface area contributed by atoms with Crippen LogP contribution in [0.1, 0.15) is 28.8 Å². The number of aromatic amines is 1. The van der Waals surface area contributed by atoms with Gasteiger partial charge >= 0.3 is 5.97 Å². The maximum Gasteiger partial charge on any atom is 0.313 e. The highest BCUT2D eigenvalue weighted by atomic mass is 32.1. The van der Waals surface area contributed by atoms with E-state index in [4.69, 9.17) is 4.74 Å². The normalized spacial score (nSPS) is 14.3. The number of hydrogen-bond donors (Lipinski definition) is 1. The summed E-state index contributed by atoms with van der Waals surface area (Å²) in [5, 5.41) is 0.682. The van der Waals surface area contributed by atoms with Crippen LogP contribution < -0.4 is 5.56 Å². The van der Waals surface area contributed by atoms with Gasteiger partial charge in [-0.1, -0.05) is 30.3 Å². The average molecular weight is 383 g/mol. The van der Waals surface area contributed by atoms with Crippen molar-refractivity contribution in [2.45, 2.75) is 32.9 Å². The van der Waals surface area contributed by atoms with Gasteiger partial charge in [0.2, 0.25) is 0 Å². The first-order valence-electron chi connectivity index (χ1n) is 9.09. The van der Waals surface area contributed by atoms with Crippen molar-refractivity contribution in [3.63, 3.8) is 0 Å². The predicted molar refractivity (Wildman–Crippen MR) is 105 cm³/mol. The monoisotopic (exact) mass is 383 g/mol. The molecule has 1 N–H and O–H groups in total. The topological polar surface area (TPSA) is 75.3 Å². The van der Waals surface area contributed by atoms with Gasteiger partial charge in [0.25, 0.3) is 5.56 Å². The van der Waals surface area contributed by atoms with Crippen LogP contribution >= 0.6 is 11.3 Å². The third-order valence-corrected chi connectivity index (χ3v) is 5.82. The summed E-state index contributed by atoms with van der Waals surface area (Å²) in [5.41, 5.74) is 2.24. The maximum atomic E-state index is 12.6. The number of rotatable bonds is 5. The zero-order valence-corrected chi connectivity index (χ0v) is 16.0. The quantitative estimate of drug-likeness (QED) is 0.686. The molecule has 6 nitrogen and oxygen atoms in total. The standard InChI is InChI=1S/C20H21N3O3S/c1-2-26-17(24)10-16-21-19(25)18-14-8-9-23(11-13-6-4-3-5-7-13)12-15(14)27-20(18)22-16/h3-7H,2,8-12H2,1H3,(H,21,22,25). The second-order valence-electron chi connectivity index (χ2n) is 6.62. The molecule has 7 heteroatoms. The fourth-order valence-electron chi connectivity index (χ4n) is 3.51. The Bertz CT molecular complexity index is 1030. The van der Waals surface area contributed by atoms with Crippen LogP contribution in [-0.2, 0) is 35.5 Å². The van der Waals surface area contributed by atoms with E-state index < -0.39 is 0 Å². The summed E-state index contributed by atoms with van der Waals surface area (Å²) >= 11 is 1.56. The minimum atomic E-state index is -0.379. The fraction of sp³-hybridized carbons (Fsp3) is 0.350. The van der Waals surface area contributed by atoms with Gasteiger partial charge in [-0.2, -0.15) is 0 Å². The summed E-state index contributed by atoms with van der Waals surface area (Å²) in [6.45, 7) is 4.70. The van der Waals surface area contributed by atoms with Crippen molar-refractivity contribution in [2.75, 3.05) is 13.2 Å². The molecule has 140 valence electrons. The molecule has 3 heterocycles. The molecule has 0 bridgehead atoms. The number of benzene rings is 1. The Kier molecular flexibility index (Phi) is 5.05. The Labute approximate surface area is 160 Å². The van der Waals surface area contributed by atoms with Gasteiger partial charge in [0.1, 0.15) is 17.1 Å². The van der Waals surface area contributed by atoms with Crippen molar-refractivity contribution in [3.05, 3.63) is 62.5 Å². The molecule has 3 aromatic rings. The summed E-state index contributed by atoms with van der Waals surface area (Å²) in [4.78, 5) is 35.8. The van der Waals surface area contributed by atoms with Crippen LogP contribution in [0.25, 0.3) is 10.2 Å². The molecule has 1 aliphatic heterocycles. The van der Waals surface area contributed by atoms with Gasteiger partial charge in [0, 0.05) is 24.5 Å². The van der Waals surface area contributed by atoms with Gasteiger partial charge in [-0.3, -0.25) is 14.5 Å². The number of carbonyl (C=O) groups excluding carboxylic acids is 1. The first-order chi connectivity index (χ1) is 13.1. The van der Waals surface area contributed by atoms with Crippen molar-refractivity contribution in [1.82, 2.24) is 14.9 Å². The lowest BCUT2D eigenvalue weighted by Gasteiger charge is -2.26. The average Bonchev–Trinajstić information content (AvgIpc) is 3.00. The van der Waals surface area contributed by atoms with Gasteiger partial charge in [0.05, 0.1) is 12.0 Å². The van der Waals surface area contributed by atoms with Gasteiger partial charge in [-0.15, -0.1) is 11.3 Å². The Balaban J connectivity index is 1.59. The summed E-state index contributed by atoms with van der Waals surface area (Å²) < 4.78 is 4.95. The third kappa shape index (κ3) is 3.79. The highest BCUT2D eigenvalue weighted by molar-refractivity contribution is 7.18. The van der Waals surface area contributed by atoms with E-state index in [2.05, 4.69) is 39.1 Å². The Morgan fingerprint density at radius 3 is 2.93 bits per heavy atom. The van der Waals surface area contributed by atoms with Gasteiger partial charge < -0.3 is 9.72 Å². The molecule has 27 heavy (non-hydrogen) atoms. The third-order valence-electron chi connectivity index (χ3n) is 4.70. The number of aromatic nitrogens is 2. The van der Waals surface area contributed by atoms with Crippen molar-refractivity contribution < 1.29 is 9.53 Å². The van der Waals surface area contributed by atoms with E-state index in [0.29, 0.717) is 22.6 Å². The summed E-state index contributed by atoms with van der Waals surface area (Å²) in [7, 11) is 0. The molecule has 1 aromatic carbocycles. The number of nitrogens with zero attached hydrogens (tertiary/aromatic N) is 2. The van der Waals surface area contributed by atoms with E-state index in [0.717, 1.165) is 31.6 Å². The van der Waals surface area contributed by atoms with E-state index in [1.807, 2.05) is 6.07 Å². The van der Waals surface area contributed by atoms with Crippen LogP contribution in [0.3, 0.4) is 0 Å². The first kappa shape index (κ1) is 17.9. The maximum absolute atomic E-state index is 12.6. The minimum Gasteiger partial charge on any atom is -0.466 e. The van der Waals surface area contributed by atoms with E-state index in [-0.39, 0.29) is 17.9 Å². The van der Waals surface area contributed by atoms with Crippen LogP contribution in [0.4, 0.5) is 0 Å². The number of carbonyl (C=O) groups is 1. The number of nitrogens with one attached hydrogen (secondary N) is 1. The zero-order chi connectivity index (χ0) is 18.8. The highest BCUT2D eigenvalue weighted by Crippen LogP contribution is 2.32. The van der Waals surface area contributed by atoms with Crippen LogP contribution in [-0.4, -0.2) is 34.0 Å². The van der Waals surface area contributed by atoms with Crippen molar-refractivity contribution >= 4 is 27.5 Å². The summed E-state index contributed by atoms with van der Waals surface area (Å²) in [5.74, 6) is -0.0129. The Morgan fingerprint density at radius 1 is 1.33 bits per heavy atom. The number of hydrogen-bond acceptors (Lipinski definition) is 6. The predicted octanol–water partition coefficient (Wildman–Crippen LogP) is 2.65. The lowest BCUT2D eigenvalue weighted by molar-refractivity contribution is -0.142. The van der Waals surface area contributed by atoms with Crippen LogP contribution in [0.15, 0.2) is 35.1 Å². The number of ether oxygens (including phenoxy) is 1. The van der Waals surface area contributed by atoms with Crippen molar-refractivity contribution in [3.8, 4) is 0 Å². The second-order valence-corrected chi connectivity index (χ2v) is 7.71. The molecule has 0 saturated heterocycles. The summed E-state index contributed by atoms with van der Waals surface area (Å²) in [6.07, 6.45) is 0.825. The van der Waals surface area contributed by atoms with Crippen molar-refractivity contribution in [2.24, 2.45) is 0 Å². The molecule has 0 saturated carbocycles. The highest BCUT2D eigenvalue weighted by Gasteiger charge is 2.24. The Hall–Kier alpha value is -2.51. The van der Waals surface area contributed by atoms with Crippen LogP contribution in [0.5, 0.6) is 0 Å². The molecule has 0 amide bonds. The SMILES string of the molecule is CCOC(=O)Cc1nc2sc3c(c2c(=O)[nH]1)CCN(Cc1ccccc1)C3. The van der Waals surface area contributed by atoms with E-state index >= 15 is 0 Å². The molecule has 0 aliphatic carbocycles. The van der Waals surface area contributed by atoms with Crippen LogP contribution in [0, 0.1) is 0 Å². The summed E-state index contributed by atoms with van der Waals surface area (Å²) in [6, 6.07) is 10.4. The van der Waals surface area contributed by atoms with Gasteiger partial charge in [-0.05, 0) is 24.5 Å². The molecule has 0 spiro atoms. The molecule has 4 rings (SSSR count). The van der Waals surface area contributed by atoms with Crippen molar-refractivity contribution in [1.29, 1.82) is 0 Å².